The summed E-state index contributed by atoms with van der Waals surface area (Å²) in [6, 6.07) is 14.3. The number of amides is 1. The zero-order chi connectivity index (χ0) is 19.1. The second kappa shape index (κ2) is 6.74. The predicted molar refractivity (Wildman–Crippen MR) is 111 cm³/mol. The Balaban J connectivity index is 1.69. The van der Waals surface area contributed by atoms with E-state index in [4.69, 9.17) is 0 Å². The van der Waals surface area contributed by atoms with Crippen LogP contribution in [0.3, 0.4) is 0 Å². The SMILES string of the molecule is Cc1nc(C)c2c(C)c(C(=O)NC(C)c3cccc4ccccc34)sc2n1. The molecule has 2 aromatic heterocycles. The molecular formula is C22H21N3OS. The van der Waals surface area contributed by atoms with Crippen LogP contribution in [0.5, 0.6) is 0 Å². The van der Waals surface area contributed by atoms with Gasteiger partial charge in [0.15, 0.2) is 0 Å². The normalized spacial score (nSPS) is 12.4. The molecule has 1 amide bonds. The summed E-state index contributed by atoms with van der Waals surface area (Å²) in [6.45, 7) is 7.85. The lowest BCUT2D eigenvalue weighted by molar-refractivity contribution is 0.0944. The lowest BCUT2D eigenvalue weighted by atomic mass is 9.99. The highest BCUT2D eigenvalue weighted by atomic mass is 32.1. The predicted octanol–water partition coefficient (Wildman–Crippen LogP) is 5.26. The van der Waals surface area contributed by atoms with E-state index in [-0.39, 0.29) is 11.9 Å². The topological polar surface area (TPSA) is 54.9 Å². The number of thiophene rings is 1. The number of benzene rings is 2. The molecule has 0 radical (unpaired) electrons. The summed E-state index contributed by atoms with van der Waals surface area (Å²) < 4.78 is 0. The van der Waals surface area contributed by atoms with E-state index >= 15 is 0 Å². The van der Waals surface area contributed by atoms with Crippen molar-refractivity contribution in [2.45, 2.75) is 33.7 Å². The van der Waals surface area contributed by atoms with Gasteiger partial charge in [0.1, 0.15) is 10.7 Å². The van der Waals surface area contributed by atoms with Gasteiger partial charge in [-0.25, -0.2) is 9.97 Å². The standard InChI is InChI=1S/C22H21N3OS/c1-12-19-14(3)23-15(4)25-22(19)27-20(12)21(26)24-13(2)17-11-7-9-16-8-5-6-10-18(16)17/h5-11,13H,1-4H3,(H,24,26). The zero-order valence-corrected chi connectivity index (χ0v) is 16.6. The van der Waals surface area contributed by atoms with Crippen LogP contribution in [-0.4, -0.2) is 15.9 Å². The van der Waals surface area contributed by atoms with Crippen molar-refractivity contribution in [3.8, 4) is 0 Å². The number of carbonyl (C=O) groups is 1. The summed E-state index contributed by atoms with van der Waals surface area (Å²) in [7, 11) is 0. The number of aromatic nitrogens is 2. The molecule has 0 aliphatic heterocycles. The molecule has 1 N–H and O–H groups in total. The number of aryl methyl sites for hydroxylation is 3. The molecule has 2 aromatic carbocycles. The fourth-order valence-electron chi connectivity index (χ4n) is 3.66. The monoisotopic (exact) mass is 375 g/mol. The van der Waals surface area contributed by atoms with Gasteiger partial charge in [-0.3, -0.25) is 4.79 Å². The van der Waals surface area contributed by atoms with Gasteiger partial charge >= 0.3 is 0 Å². The van der Waals surface area contributed by atoms with Crippen molar-refractivity contribution in [1.82, 2.24) is 15.3 Å². The smallest absolute Gasteiger partial charge is 0.262 e. The van der Waals surface area contributed by atoms with Gasteiger partial charge in [-0.1, -0.05) is 42.5 Å². The Morgan fingerprint density at radius 2 is 1.78 bits per heavy atom. The van der Waals surface area contributed by atoms with E-state index < -0.39 is 0 Å². The number of fused-ring (bicyclic) bond motifs is 2. The first-order chi connectivity index (χ1) is 13.0. The van der Waals surface area contributed by atoms with Crippen LogP contribution in [0.2, 0.25) is 0 Å². The van der Waals surface area contributed by atoms with Crippen LogP contribution in [0.4, 0.5) is 0 Å². The molecule has 0 spiro atoms. The molecule has 1 atom stereocenters. The Hall–Kier alpha value is -2.79. The molecule has 4 aromatic rings. The average molecular weight is 375 g/mol. The summed E-state index contributed by atoms with van der Waals surface area (Å²) in [5.74, 6) is 0.672. The number of nitrogens with zero attached hydrogens (tertiary/aromatic N) is 2. The lowest BCUT2D eigenvalue weighted by Crippen LogP contribution is -2.26. The van der Waals surface area contributed by atoms with Gasteiger partial charge in [-0.15, -0.1) is 11.3 Å². The van der Waals surface area contributed by atoms with Crippen molar-refractivity contribution in [2.24, 2.45) is 0 Å². The first-order valence-corrected chi connectivity index (χ1v) is 9.80. The van der Waals surface area contributed by atoms with Gasteiger partial charge in [0.25, 0.3) is 5.91 Å². The Morgan fingerprint density at radius 1 is 1.04 bits per heavy atom. The maximum atomic E-state index is 13.0. The second-order valence-corrected chi connectivity index (χ2v) is 7.86. The first kappa shape index (κ1) is 17.6. The first-order valence-electron chi connectivity index (χ1n) is 8.98. The van der Waals surface area contributed by atoms with Gasteiger partial charge in [0.05, 0.1) is 10.9 Å². The van der Waals surface area contributed by atoms with Crippen LogP contribution < -0.4 is 5.32 Å². The Labute approximate surface area is 162 Å². The summed E-state index contributed by atoms with van der Waals surface area (Å²) in [6.07, 6.45) is 0. The maximum absolute atomic E-state index is 13.0. The molecule has 0 aliphatic carbocycles. The Kier molecular flexibility index (Phi) is 4.40. The fourth-order valence-corrected chi connectivity index (χ4v) is 4.84. The number of rotatable bonds is 3. The van der Waals surface area contributed by atoms with Crippen molar-refractivity contribution in [3.05, 3.63) is 70.0 Å². The van der Waals surface area contributed by atoms with E-state index in [2.05, 4.69) is 39.6 Å². The summed E-state index contributed by atoms with van der Waals surface area (Å²) in [5.41, 5.74) is 2.99. The largest absolute Gasteiger partial charge is 0.345 e. The van der Waals surface area contributed by atoms with Crippen LogP contribution in [-0.2, 0) is 0 Å². The number of hydrogen-bond donors (Lipinski definition) is 1. The molecular weight excluding hydrogens is 354 g/mol. The second-order valence-electron chi connectivity index (χ2n) is 6.86. The quantitative estimate of drug-likeness (QED) is 0.531. The van der Waals surface area contributed by atoms with Crippen LogP contribution in [0.25, 0.3) is 21.0 Å². The minimum absolute atomic E-state index is 0.0620. The molecule has 0 fully saturated rings. The molecule has 2 heterocycles. The number of carbonyl (C=O) groups excluding carboxylic acids is 1. The van der Waals surface area contributed by atoms with Crippen LogP contribution >= 0.6 is 11.3 Å². The Bertz CT molecular complexity index is 1170. The highest BCUT2D eigenvalue weighted by molar-refractivity contribution is 7.20. The van der Waals surface area contributed by atoms with E-state index in [1.807, 2.05) is 45.9 Å². The third kappa shape index (κ3) is 3.08. The third-order valence-electron chi connectivity index (χ3n) is 4.93. The van der Waals surface area contributed by atoms with E-state index in [0.29, 0.717) is 4.88 Å². The van der Waals surface area contributed by atoms with Crippen molar-refractivity contribution < 1.29 is 4.79 Å². The van der Waals surface area contributed by atoms with E-state index in [0.717, 1.165) is 38.2 Å². The molecule has 4 nitrogen and oxygen atoms in total. The summed E-state index contributed by atoms with van der Waals surface area (Å²) >= 11 is 1.44. The van der Waals surface area contributed by atoms with Crippen molar-refractivity contribution in [1.29, 1.82) is 0 Å². The van der Waals surface area contributed by atoms with Crippen molar-refractivity contribution >= 4 is 38.2 Å². The summed E-state index contributed by atoms with van der Waals surface area (Å²) in [4.78, 5) is 23.5. The van der Waals surface area contributed by atoms with E-state index in [9.17, 15) is 4.79 Å². The van der Waals surface area contributed by atoms with Gasteiger partial charge in [0, 0.05) is 11.1 Å². The van der Waals surface area contributed by atoms with Crippen molar-refractivity contribution in [3.63, 3.8) is 0 Å². The van der Waals surface area contributed by atoms with E-state index in [1.54, 1.807) is 0 Å². The van der Waals surface area contributed by atoms with Gasteiger partial charge in [-0.2, -0.15) is 0 Å². The van der Waals surface area contributed by atoms with Crippen LogP contribution in [0.1, 0.15) is 45.3 Å². The van der Waals surface area contributed by atoms with Crippen LogP contribution in [0, 0.1) is 20.8 Å². The maximum Gasteiger partial charge on any atom is 0.262 e. The summed E-state index contributed by atoms with van der Waals surface area (Å²) in [5, 5.41) is 6.50. The van der Waals surface area contributed by atoms with Gasteiger partial charge in [0.2, 0.25) is 0 Å². The van der Waals surface area contributed by atoms with Crippen LogP contribution in [0.15, 0.2) is 42.5 Å². The minimum Gasteiger partial charge on any atom is -0.345 e. The lowest BCUT2D eigenvalue weighted by Gasteiger charge is -2.16. The van der Waals surface area contributed by atoms with E-state index in [1.165, 1.54) is 16.7 Å². The molecule has 0 bridgehead atoms. The molecule has 27 heavy (non-hydrogen) atoms. The molecule has 4 rings (SSSR count). The molecule has 136 valence electrons. The Morgan fingerprint density at radius 3 is 2.59 bits per heavy atom. The molecule has 0 saturated carbocycles. The molecule has 1 unspecified atom stereocenters. The minimum atomic E-state index is -0.0953. The third-order valence-corrected chi connectivity index (χ3v) is 6.11. The average Bonchev–Trinajstić information content (AvgIpc) is 2.97. The molecule has 0 aliphatic rings. The van der Waals surface area contributed by atoms with Gasteiger partial charge < -0.3 is 5.32 Å². The van der Waals surface area contributed by atoms with Gasteiger partial charge in [-0.05, 0) is 49.6 Å². The number of hydrogen-bond acceptors (Lipinski definition) is 4. The fraction of sp³-hybridized carbons (Fsp3) is 0.227. The number of nitrogens with one attached hydrogen (secondary N) is 1. The molecule has 5 heteroatoms. The highest BCUT2D eigenvalue weighted by Crippen LogP contribution is 2.32. The van der Waals surface area contributed by atoms with Crippen molar-refractivity contribution in [2.75, 3.05) is 0 Å². The highest BCUT2D eigenvalue weighted by Gasteiger charge is 2.21. The zero-order valence-electron chi connectivity index (χ0n) is 15.8. The molecule has 0 saturated heterocycles.